The van der Waals surface area contributed by atoms with Crippen molar-refractivity contribution in [1.29, 1.82) is 0 Å². The van der Waals surface area contributed by atoms with Crippen LogP contribution in [0.15, 0.2) is 0 Å². The van der Waals surface area contributed by atoms with E-state index in [-0.39, 0.29) is 17.8 Å². The van der Waals surface area contributed by atoms with Gasteiger partial charge in [-0.25, -0.2) is 0 Å². The van der Waals surface area contributed by atoms with Gasteiger partial charge in [0.1, 0.15) is 11.7 Å². The highest BCUT2D eigenvalue weighted by Gasteiger charge is 2.71. The lowest BCUT2D eigenvalue weighted by molar-refractivity contribution is 0.0304. The molecule has 1 heterocycles. The SMILES string of the molecule is C[C@@]12CCCC[C@]13O[C@@H]3[C@H](O)CC2. The lowest BCUT2D eigenvalue weighted by Crippen LogP contribution is -2.47. The van der Waals surface area contributed by atoms with Crippen molar-refractivity contribution in [3.05, 3.63) is 0 Å². The van der Waals surface area contributed by atoms with E-state index < -0.39 is 0 Å². The summed E-state index contributed by atoms with van der Waals surface area (Å²) in [5.74, 6) is 0. The number of ether oxygens (including phenoxy) is 1. The van der Waals surface area contributed by atoms with E-state index in [0.717, 1.165) is 12.8 Å². The molecule has 2 nitrogen and oxygen atoms in total. The van der Waals surface area contributed by atoms with Crippen LogP contribution in [-0.4, -0.2) is 22.9 Å². The molecule has 1 N–H and O–H groups in total. The van der Waals surface area contributed by atoms with E-state index in [1.165, 1.54) is 25.7 Å². The van der Waals surface area contributed by atoms with Gasteiger partial charge >= 0.3 is 0 Å². The fraction of sp³-hybridized carbons (Fsp3) is 1.00. The molecule has 0 aromatic carbocycles. The van der Waals surface area contributed by atoms with Gasteiger partial charge in [0.15, 0.2) is 0 Å². The topological polar surface area (TPSA) is 32.8 Å². The molecule has 0 radical (unpaired) electrons. The van der Waals surface area contributed by atoms with Crippen LogP contribution in [0.4, 0.5) is 0 Å². The van der Waals surface area contributed by atoms with Gasteiger partial charge in [0.2, 0.25) is 0 Å². The molecule has 0 amide bonds. The first-order chi connectivity index (χ1) is 6.18. The van der Waals surface area contributed by atoms with E-state index in [0.29, 0.717) is 5.41 Å². The Morgan fingerprint density at radius 3 is 2.85 bits per heavy atom. The van der Waals surface area contributed by atoms with Crippen LogP contribution in [0.25, 0.3) is 0 Å². The van der Waals surface area contributed by atoms with Gasteiger partial charge in [0, 0.05) is 0 Å². The standard InChI is InChI=1S/C11H18O2/c1-10-5-2-3-6-11(10)9(13-11)8(12)4-7-10/h8-9,12H,2-7H2,1H3/t8-,9-,10+,11-/m1/s1. The zero-order valence-electron chi connectivity index (χ0n) is 8.25. The summed E-state index contributed by atoms with van der Waals surface area (Å²) in [6.07, 6.45) is 7.25. The third-order valence-electron chi connectivity index (χ3n) is 4.63. The van der Waals surface area contributed by atoms with E-state index >= 15 is 0 Å². The summed E-state index contributed by atoms with van der Waals surface area (Å²) in [5, 5.41) is 9.74. The average molecular weight is 182 g/mol. The molecular formula is C11H18O2. The van der Waals surface area contributed by atoms with Crippen LogP contribution in [0.1, 0.15) is 45.4 Å². The Labute approximate surface area is 79.3 Å². The van der Waals surface area contributed by atoms with Crippen LogP contribution >= 0.6 is 0 Å². The molecule has 1 saturated heterocycles. The fourth-order valence-corrected chi connectivity index (χ4v) is 3.64. The second-order valence-electron chi connectivity index (χ2n) is 5.30. The Kier molecular flexibility index (Phi) is 1.45. The highest BCUT2D eigenvalue weighted by atomic mass is 16.6. The molecule has 1 spiro atoms. The number of epoxide rings is 1. The van der Waals surface area contributed by atoms with Gasteiger partial charge in [-0.05, 0) is 31.1 Å². The molecule has 0 aromatic rings. The van der Waals surface area contributed by atoms with Gasteiger partial charge < -0.3 is 9.84 Å². The minimum Gasteiger partial charge on any atom is -0.390 e. The van der Waals surface area contributed by atoms with Crippen molar-refractivity contribution in [3.63, 3.8) is 0 Å². The first-order valence-corrected chi connectivity index (χ1v) is 5.54. The average Bonchev–Trinajstić information content (AvgIpc) is 2.84. The molecule has 13 heavy (non-hydrogen) atoms. The minimum absolute atomic E-state index is 0.100. The predicted molar refractivity (Wildman–Crippen MR) is 49.4 cm³/mol. The second-order valence-corrected chi connectivity index (χ2v) is 5.30. The van der Waals surface area contributed by atoms with Crippen LogP contribution in [0.2, 0.25) is 0 Å². The quantitative estimate of drug-likeness (QED) is 0.580. The lowest BCUT2D eigenvalue weighted by atomic mass is 9.59. The maximum atomic E-state index is 9.74. The predicted octanol–water partition coefficient (Wildman–Crippen LogP) is 1.86. The zero-order chi connectivity index (χ0) is 9.10. The molecule has 0 aromatic heterocycles. The van der Waals surface area contributed by atoms with Gasteiger partial charge in [0.05, 0.1) is 6.10 Å². The van der Waals surface area contributed by atoms with Gasteiger partial charge in [-0.2, -0.15) is 0 Å². The molecule has 0 unspecified atom stereocenters. The number of rotatable bonds is 0. The summed E-state index contributed by atoms with van der Waals surface area (Å²) in [6.45, 7) is 2.36. The minimum atomic E-state index is -0.175. The molecular weight excluding hydrogens is 164 g/mol. The van der Waals surface area contributed by atoms with Crippen molar-refractivity contribution < 1.29 is 9.84 Å². The molecule has 4 atom stereocenters. The first-order valence-electron chi connectivity index (χ1n) is 5.54. The van der Waals surface area contributed by atoms with Crippen LogP contribution in [0, 0.1) is 5.41 Å². The van der Waals surface area contributed by atoms with E-state index in [2.05, 4.69) is 6.92 Å². The fourth-order valence-electron chi connectivity index (χ4n) is 3.64. The van der Waals surface area contributed by atoms with Crippen LogP contribution < -0.4 is 0 Å². The van der Waals surface area contributed by atoms with Gasteiger partial charge in [-0.3, -0.25) is 0 Å². The van der Waals surface area contributed by atoms with Crippen molar-refractivity contribution in [2.75, 3.05) is 0 Å². The van der Waals surface area contributed by atoms with Crippen molar-refractivity contribution >= 4 is 0 Å². The summed E-state index contributed by atoms with van der Waals surface area (Å²) < 4.78 is 5.83. The summed E-state index contributed by atoms with van der Waals surface area (Å²) in [5.41, 5.74) is 0.484. The highest BCUT2D eigenvalue weighted by Crippen LogP contribution is 2.64. The first kappa shape index (κ1) is 8.25. The summed E-state index contributed by atoms with van der Waals surface area (Å²) >= 11 is 0. The van der Waals surface area contributed by atoms with Crippen molar-refractivity contribution in [3.8, 4) is 0 Å². The third-order valence-corrected chi connectivity index (χ3v) is 4.63. The van der Waals surface area contributed by atoms with Crippen LogP contribution in [-0.2, 0) is 4.74 Å². The smallest absolute Gasteiger partial charge is 0.114 e. The molecule has 2 heteroatoms. The maximum absolute atomic E-state index is 9.74. The molecule has 3 rings (SSSR count). The monoisotopic (exact) mass is 182 g/mol. The number of hydrogen-bond acceptors (Lipinski definition) is 2. The molecule has 2 aliphatic carbocycles. The Hall–Kier alpha value is -0.0800. The zero-order valence-corrected chi connectivity index (χ0v) is 8.25. The Morgan fingerprint density at radius 2 is 2.00 bits per heavy atom. The molecule has 1 aliphatic heterocycles. The third kappa shape index (κ3) is 0.861. The molecule has 3 aliphatic rings. The second kappa shape index (κ2) is 2.29. The van der Waals surface area contributed by atoms with E-state index in [9.17, 15) is 5.11 Å². The number of aliphatic hydroxyl groups excluding tert-OH is 1. The van der Waals surface area contributed by atoms with Gasteiger partial charge in [-0.15, -0.1) is 0 Å². The maximum Gasteiger partial charge on any atom is 0.114 e. The largest absolute Gasteiger partial charge is 0.390 e. The summed E-state index contributed by atoms with van der Waals surface area (Å²) in [7, 11) is 0. The highest BCUT2D eigenvalue weighted by molar-refractivity contribution is 5.19. The Morgan fingerprint density at radius 1 is 1.23 bits per heavy atom. The van der Waals surface area contributed by atoms with E-state index in [1.807, 2.05) is 0 Å². The van der Waals surface area contributed by atoms with Gasteiger partial charge in [-0.1, -0.05) is 19.8 Å². The summed E-state index contributed by atoms with van der Waals surface area (Å²) in [6, 6.07) is 0. The molecule has 3 fully saturated rings. The number of hydrogen-bond donors (Lipinski definition) is 1. The van der Waals surface area contributed by atoms with Crippen LogP contribution in [0.3, 0.4) is 0 Å². The van der Waals surface area contributed by atoms with Crippen LogP contribution in [0.5, 0.6) is 0 Å². The molecule has 0 bridgehead atoms. The summed E-state index contributed by atoms with van der Waals surface area (Å²) in [4.78, 5) is 0. The van der Waals surface area contributed by atoms with Gasteiger partial charge in [0.25, 0.3) is 0 Å². The Balaban J connectivity index is 1.92. The Bertz CT molecular complexity index is 240. The normalized spacial score (nSPS) is 59.5. The van der Waals surface area contributed by atoms with Crippen molar-refractivity contribution in [2.24, 2.45) is 5.41 Å². The molecule has 74 valence electrons. The van der Waals surface area contributed by atoms with Crippen molar-refractivity contribution in [1.82, 2.24) is 0 Å². The van der Waals surface area contributed by atoms with Crippen molar-refractivity contribution in [2.45, 2.75) is 63.3 Å². The lowest BCUT2D eigenvalue weighted by Gasteiger charge is -2.43. The van der Waals surface area contributed by atoms with E-state index in [1.54, 1.807) is 0 Å². The van der Waals surface area contributed by atoms with E-state index in [4.69, 9.17) is 4.74 Å². The number of aliphatic hydroxyl groups is 1. The molecule has 2 saturated carbocycles.